The Morgan fingerprint density at radius 1 is 1.15 bits per heavy atom. The van der Waals surface area contributed by atoms with E-state index in [2.05, 4.69) is 4.72 Å². The largest absolute Gasteiger partial charge is 0.494 e. The molecule has 0 radical (unpaired) electrons. The van der Waals surface area contributed by atoms with E-state index < -0.39 is 15.8 Å². The summed E-state index contributed by atoms with van der Waals surface area (Å²) in [5.41, 5.74) is 0.818. The molecule has 0 heterocycles. The van der Waals surface area contributed by atoms with E-state index in [4.69, 9.17) is 4.74 Å². The highest BCUT2D eigenvalue weighted by Crippen LogP contribution is 2.28. The van der Waals surface area contributed by atoms with Crippen molar-refractivity contribution in [2.75, 3.05) is 11.8 Å². The molecule has 2 aromatic rings. The standard InChI is InChI=1S/C14H14FNO3S/c1-10-5-3-4-6-14(10)20(17,18)16-12-8-7-11(15)9-13(12)19-2/h3-9,16H,1-2H3. The van der Waals surface area contributed by atoms with Crippen molar-refractivity contribution in [3.63, 3.8) is 0 Å². The first-order valence-corrected chi connectivity index (χ1v) is 7.34. The lowest BCUT2D eigenvalue weighted by Crippen LogP contribution is -2.14. The van der Waals surface area contributed by atoms with Crippen LogP contribution >= 0.6 is 0 Å². The molecule has 2 rings (SSSR count). The van der Waals surface area contributed by atoms with Crippen molar-refractivity contribution in [3.05, 3.63) is 53.8 Å². The van der Waals surface area contributed by atoms with E-state index >= 15 is 0 Å². The van der Waals surface area contributed by atoms with Crippen LogP contribution in [0.15, 0.2) is 47.4 Å². The molecule has 0 saturated carbocycles. The Morgan fingerprint density at radius 3 is 2.50 bits per heavy atom. The summed E-state index contributed by atoms with van der Waals surface area (Å²) in [6.07, 6.45) is 0. The molecule has 106 valence electrons. The quantitative estimate of drug-likeness (QED) is 0.943. The number of rotatable bonds is 4. The molecular weight excluding hydrogens is 281 g/mol. The van der Waals surface area contributed by atoms with Crippen molar-refractivity contribution in [3.8, 4) is 5.75 Å². The van der Waals surface area contributed by atoms with Crippen LogP contribution in [0, 0.1) is 12.7 Å². The van der Waals surface area contributed by atoms with Crippen LogP contribution in [-0.4, -0.2) is 15.5 Å². The summed E-state index contributed by atoms with van der Waals surface area (Å²) in [5.74, 6) is -0.372. The van der Waals surface area contributed by atoms with E-state index in [1.54, 1.807) is 25.1 Å². The van der Waals surface area contributed by atoms with Gasteiger partial charge in [0.05, 0.1) is 17.7 Å². The number of halogens is 1. The first-order valence-electron chi connectivity index (χ1n) is 5.86. The number of hydrogen-bond donors (Lipinski definition) is 1. The molecule has 0 saturated heterocycles. The first kappa shape index (κ1) is 14.3. The normalized spacial score (nSPS) is 11.2. The molecule has 0 aliphatic rings. The highest BCUT2D eigenvalue weighted by Gasteiger charge is 2.18. The maximum atomic E-state index is 13.1. The van der Waals surface area contributed by atoms with Crippen LogP contribution in [0.2, 0.25) is 0 Å². The van der Waals surface area contributed by atoms with Gasteiger partial charge in [0.15, 0.2) is 0 Å². The number of aryl methyl sites for hydroxylation is 1. The molecule has 0 aromatic heterocycles. The minimum absolute atomic E-state index is 0.127. The summed E-state index contributed by atoms with van der Waals surface area (Å²) in [5, 5.41) is 0. The van der Waals surface area contributed by atoms with Gasteiger partial charge in [-0.3, -0.25) is 4.72 Å². The Labute approximate surface area is 117 Å². The van der Waals surface area contributed by atoms with E-state index in [1.807, 2.05) is 0 Å². The molecule has 0 spiro atoms. The highest BCUT2D eigenvalue weighted by atomic mass is 32.2. The minimum atomic E-state index is -3.74. The lowest BCUT2D eigenvalue weighted by atomic mass is 10.2. The number of hydrogen-bond acceptors (Lipinski definition) is 3. The Kier molecular flexibility index (Phi) is 3.94. The molecule has 2 aromatic carbocycles. The first-order chi connectivity index (χ1) is 9.44. The van der Waals surface area contributed by atoms with Gasteiger partial charge in [0.2, 0.25) is 0 Å². The summed E-state index contributed by atoms with van der Waals surface area (Å²) >= 11 is 0. The van der Waals surface area contributed by atoms with Crippen molar-refractivity contribution in [1.82, 2.24) is 0 Å². The van der Waals surface area contributed by atoms with Crippen LogP contribution in [0.1, 0.15) is 5.56 Å². The summed E-state index contributed by atoms with van der Waals surface area (Å²) in [6, 6.07) is 10.2. The Bertz CT molecular complexity index is 729. The van der Waals surface area contributed by atoms with Gasteiger partial charge in [-0.15, -0.1) is 0 Å². The predicted molar refractivity (Wildman–Crippen MR) is 74.9 cm³/mol. The maximum Gasteiger partial charge on any atom is 0.262 e. The van der Waals surface area contributed by atoms with Gasteiger partial charge in [0.25, 0.3) is 10.0 Å². The minimum Gasteiger partial charge on any atom is -0.494 e. The Morgan fingerprint density at radius 2 is 1.85 bits per heavy atom. The molecule has 0 amide bonds. The second-order valence-electron chi connectivity index (χ2n) is 4.22. The van der Waals surface area contributed by atoms with Gasteiger partial charge in [-0.2, -0.15) is 0 Å². The number of anilines is 1. The van der Waals surface area contributed by atoms with Gasteiger partial charge in [-0.05, 0) is 30.7 Å². The molecule has 0 bridgehead atoms. The fourth-order valence-electron chi connectivity index (χ4n) is 1.81. The van der Waals surface area contributed by atoms with Crippen molar-refractivity contribution in [1.29, 1.82) is 0 Å². The molecular formula is C14H14FNO3S. The van der Waals surface area contributed by atoms with Crippen molar-refractivity contribution in [2.24, 2.45) is 0 Å². The van der Waals surface area contributed by atoms with Crippen LogP contribution in [0.5, 0.6) is 5.75 Å². The maximum absolute atomic E-state index is 13.1. The van der Waals surface area contributed by atoms with Crippen LogP contribution < -0.4 is 9.46 Å². The van der Waals surface area contributed by atoms with E-state index in [1.165, 1.54) is 19.2 Å². The van der Waals surface area contributed by atoms with E-state index in [9.17, 15) is 12.8 Å². The topological polar surface area (TPSA) is 55.4 Å². The second-order valence-corrected chi connectivity index (χ2v) is 5.87. The predicted octanol–water partition coefficient (Wildman–Crippen LogP) is 2.94. The van der Waals surface area contributed by atoms with Crippen LogP contribution in [-0.2, 0) is 10.0 Å². The number of benzene rings is 2. The molecule has 20 heavy (non-hydrogen) atoms. The van der Waals surface area contributed by atoms with Gasteiger partial charge in [0.1, 0.15) is 11.6 Å². The van der Waals surface area contributed by atoms with Crippen LogP contribution in [0.3, 0.4) is 0 Å². The smallest absolute Gasteiger partial charge is 0.262 e. The zero-order valence-corrected chi connectivity index (χ0v) is 11.9. The number of methoxy groups -OCH3 is 1. The molecule has 0 atom stereocenters. The zero-order chi connectivity index (χ0) is 14.8. The lowest BCUT2D eigenvalue weighted by molar-refractivity contribution is 0.413. The van der Waals surface area contributed by atoms with Crippen molar-refractivity contribution < 1.29 is 17.5 Å². The monoisotopic (exact) mass is 295 g/mol. The molecule has 0 aliphatic heterocycles. The number of nitrogens with one attached hydrogen (secondary N) is 1. The third-order valence-electron chi connectivity index (χ3n) is 2.79. The number of sulfonamides is 1. The molecule has 4 nitrogen and oxygen atoms in total. The molecule has 0 aliphatic carbocycles. The average Bonchev–Trinajstić information content (AvgIpc) is 2.41. The molecule has 6 heteroatoms. The second kappa shape index (κ2) is 5.50. The summed E-state index contributed by atoms with van der Waals surface area (Å²) < 4.78 is 45.1. The SMILES string of the molecule is COc1cc(F)ccc1NS(=O)(=O)c1ccccc1C. The fraction of sp³-hybridized carbons (Fsp3) is 0.143. The molecule has 0 fully saturated rings. The van der Waals surface area contributed by atoms with Gasteiger partial charge < -0.3 is 4.74 Å². The molecule has 1 N–H and O–H groups in total. The third kappa shape index (κ3) is 2.91. The van der Waals surface area contributed by atoms with Gasteiger partial charge in [-0.1, -0.05) is 18.2 Å². The number of ether oxygens (including phenoxy) is 1. The van der Waals surface area contributed by atoms with Crippen LogP contribution in [0.25, 0.3) is 0 Å². The third-order valence-corrected chi connectivity index (χ3v) is 4.32. The van der Waals surface area contributed by atoms with Gasteiger partial charge >= 0.3 is 0 Å². The lowest BCUT2D eigenvalue weighted by Gasteiger charge is -2.13. The highest BCUT2D eigenvalue weighted by molar-refractivity contribution is 7.92. The zero-order valence-electron chi connectivity index (χ0n) is 11.1. The van der Waals surface area contributed by atoms with E-state index in [0.29, 0.717) is 5.56 Å². The van der Waals surface area contributed by atoms with Gasteiger partial charge in [0, 0.05) is 6.07 Å². The van der Waals surface area contributed by atoms with E-state index in [0.717, 1.165) is 12.1 Å². The Balaban J connectivity index is 2.41. The van der Waals surface area contributed by atoms with Crippen LogP contribution in [0.4, 0.5) is 10.1 Å². The fourth-order valence-corrected chi connectivity index (χ4v) is 3.12. The molecule has 0 unspecified atom stereocenters. The van der Waals surface area contributed by atoms with Crippen molar-refractivity contribution in [2.45, 2.75) is 11.8 Å². The van der Waals surface area contributed by atoms with Crippen molar-refractivity contribution >= 4 is 15.7 Å². The average molecular weight is 295 g/mol. The summed E-state index contributed by atoms with van der Waals surface area (Å²) in [4.78, 5) is 0.173. The summed E-state index contributed by atoms with van der Waals surface area (Å²) in [6.45, 7) is 1.70. The van der Waals surface area contributed by atoms with E-state index in [-0.39, 0.29) is 16.3 Å². The van der Waals surface area contributed by atoms with Gasteiger partial charge in [-0.25, -0.2) is 12.8 Å². The Hall–Kier alpha value is -2.08. The summed E-state index contributed by atoms with van der Waals surface area (Å²) in [7, 11) is -2.39.